The van der Waals surface area contributed by atoms with Crippen molar-refractivity contribution in [1.82, 2.24) is 5.32 Å². The summed E-state index contributed by atoms with van der Waals surface area (Å²) in [6.45, 7) is -0.100. The van der Waals surface area contributed by atoms with Crippen molar-refractivity contribution in [2.75, 3.05) is 20.3 Å². The number of nitrogens with one attached hydrogen (secondary N) is 1. The van der Waals surface area contributed by atoms with Gasteiger partial charge >= 0.3 is 6.18 Å². The maximum absolute atomic E-state index is 13.3. The number of carbonyl (C=O) groups is 1. The van der Waals surface area contributed by atoms with Crippen molar-refractivity contribution in [3.63, 3.8) is 0 Å². The lowest BCUT2D eigenvalue weighted by Gasteiger charge is -2.44. The van der Waals surface area contributed by atoms with Crippen LogP contribution < -0.4 is 5.32 Å². The lowest BCUT2D eigenvalue weighted by Crippen LogP contribution is -2.60. The van der Waals surface area contributed by atoms with E-state index < -0.39 is 41.6 Å². The van der Waals surface area contributed by atoms with E-state index >= 15 is 0 Å². The minimum atomic E-state index is -4.55. The van der Waals surface area contributed by atoms with Crippen LogP contribution in [0.25, 0.3) is 0 Å². The van der Waals surface area contributed by atoms with Gasteiger partial charge in [0.25, 0.3) is 5.91 Å². The molecule has 200 valence electrons. The number of benzene rings is 2. The van der Waals surface area contributed by atoms with E-state index in [-0.39, 0.29) is 44.8 Å². The Balaban J connectivity index is 1.83. The van der Waals surface area contributed by atoms with Crippen LogP contribution in [0.4, 0.5) is 13.2 Å². The molecule has 1 fully saturated rings. The van der Waals surface area contributed by atoms with Gasteiger partial charge in [0.05, 0.1) is 49.2 Å². The molecule has 2 aromatic carbocycles. The summed E-state index contributed by atoms with van der Waals surface area (Å²) >= 11 is 0. The fourth-order valence-corrected chi connectivity index (χ4v) is 4.20. The summed E-state index contributed by atoms with van der Waals surface area (Å²) in [5, 5.41) is 33.2. The van der Waals surface area contributed by atoms with E-state index in [4.69, 9.17) is 14.2 Å². The Bertz CT molecular complexity index is 1110. The molecule has 0 bridgehead atoms. The highest BCUT2D eigenvalue weighted by Gasteiger charge is 2.51. The maximum atomic E-state index is 13.3. The molecule has 1 amide bonds. The molecule has 0 radical (unpaired) electrons. The molecule has 1 aliphatic rings. The number of amides is 1. The second-order valence-corrected chi connectivity index (χ2v) is 8.81. The molecule has 0 heterocycles. The van der Waals surface area contributed by atoms with Gasteiger partial charge in [-0.05, 0) is 29.3 Å². The fraction of sp³-hybridized carbons (Fsp3) is 0.462. The number of ether oxygens (including phenoxy) is 3. The summed E-state index contributed by atoms with van der Waals surface area (Å²) < 4.78 is 56.2. The molecular formula is C26H29F3N2O6. The number of rotatable bonds is 10. The molecular weight excluding hydrogens is 493 g/mol. The Kier molecular flexibility index (Phi) is 9.64. The van der Waals surface area contributed by atoms with Crippen LogP contribution in [0.3, 0.4) is 0 Å². The average molecular weight is 523 g/mol. The minimum Gasteiger partial charge on any atom is -0.390 e. The van der Waals surface area contributed by atoms with Crippen LogP contribution in [0.15, 0.2) is 48.5 Å². The molecule has 8 nitrogen and oxygen atoms in total. The number of nitrogens with zero attached hydrogens (tertiary/aromatic N) is 1. The molecule has 1 saturated carbocycles. The minimum absolute atomic E-state index is 0.0762. The van der Waals surface area contributed by atoms with Crippen molar-refractivity contribution in [2.45, 2.75) is 56.1 Å². The number of alkyl halides is 3. The van der Waals surface area contributed by atoms with Crippen LogP contribution in [-0.4, -0.2) is 60.3 Å². The van der Waals surface area contributed by atoms with E-state index in [9.17, 15) is 33.4 Å². The van der Waals surface area contributed by atoms with E-state index in [0.29, 0.717) is 11.1 Å². The number of hydrogen-bond acceptors (Lipinski definition) is 7. The third kappa shape index (κ3) is 7.28. The zero-order chi connectivity index (χ0) is 27.1. The van der Waals surface area contributed by atoms with E-state index in [1.165, 1.54) is 19.2 Å². The Morgan fingerprint density at radius 3 is 2.62 bits per heavy atom. The largest absolute Gasteiger partial charge is 0.416 e. The lowest BCUT2D eigenvalue weighted by molar-refractivity contribution is -0.200. The predicted octanol–water partition coefficient (Wildman–Crippen LogP) is 2.70. The monoisotopic (exact) mass is 522 g/mol. The average Bonchev–Trinajstić information content (AvgIpc) is 2.88. The Morgan fingerprint density at radius 1 is 1.16 bits per heavy atom. The second kappa shape index (κ2) is 12.5. The molecule has 0 aliphatic heterocycles. The molecule has 0 saturated heterocycles. The predicted molar refractivity (Wildman–Crippen MR) is 125 cm³/mol. The van der Waals surface area contributed by atoms with Gasteiger partial charge in [-0.3, -0.25) is 4.79 Å². The van der Waals surface area contributed by atoms with Crippen molar-refractivity contribution in [3.8, 4) is 6.07 Å². The van der Waals surface area contributed by atoms with Crippen LogP contribution >= 0.6 is 0 Å². The maximum Gasteiger partial charge on any atom is 0.416 e. The van der Waals surface area contributed by atoms with Gasteiger partial charge in [-0.15, -0.1) is 0 Å². The molecule has 0 spiro atoms. The van der Waals surface area contributed by atoms with Gasteiger partial charge in [0.15, 0.2) is 5.60 Å². The number of methoxy groups -OCH3 is 1. The van der Waals surface area contributed by atoms with Crippen molar-refractivity contribution < 1.29 is 42.4 Å². The summed E-state index contributed by atoms with van der Waals surface area (Å²) in [7, 11) is 1.45. The fourth-order valence-electron chi connectivity index (χ4n) is 4.20. The molecule has 3 rings (SSSR count). The van der Waals surface area contributed by atoms with E-state index in [1.54, 1.807) is 24.3 Å². The first-order valence-corrected chi connectivity index (χ1v) is 11.6. The van der Waals surface area contributed by atoms with Gasteiger partial charge in [0, 0.05) is 26.5 Å². The van der Waals surface area contributed by atoms with Gasteiger partial charge in [0.1, 0.15) is 6.10 Å². The normalized spacial score (nSPS) is 23.9. The summed E-state index contributed by atoms with van der Waals surface area (Å²) in [6, 6.07) is 13.3. The summed E-state index contributed by atoms with van der Waals surface area (Å²) in [5.41, 5.74) is -1.46. The van der Waals surface area contributed by atoms with Crippen LogP contribution in [0, 0.1) is 11.3 Å². The van der Waals surface area contributed by atoms with Crippen LogP contribution in [0.1, 0.15) is 35.1 Å². The molecule has 1 unspecified atom stereocenters. The van der Waals surface area contributed by atoms with Gasteiger partial charge in [0.2, 0.25) is 0 Å². The standard InChI is InChI=1S/C26H29F3N2O6/c1-35-10-9-31-24(34)25(37-15-17-5-4-8-20(11-17)26(27,28)29)12-21(32)23(33)22(13-25)36-16-19-7-3-2-6-18(19)14-30/h2-8,11,21-23,32-33H,9-10,12-13,15-16H2,1H3,(H,31,34)/t21-,22?,23-,25+/m1/s1. The zero-order valence-corrected chi connectivity index (χ0v) is 20.2. The van der Waals surface area contributed by atoms with Crippen LogP contribution in [0.5, 0.6) is 0 Å². The van der Waals surface area contributed by atoms with Gasteiger partial charge < -0.3 is 29.7 Å². The number of aliphatic hydroxyl groups is 2. The molecule has 1 aliphatic carbocycles. The number of carbonyl (C=O) groups excluding carboxylic acids is 1. The summed E-state index contributed by atoms with van der Waals surface area (Å²) in [5.74, 6) is -0.617. The quantitative estimate of drug-likeness (QED) is 0.411. The topological polar surface area (TPSA) is 121 Å². The van der Waals surface area contributed by atoms with Crippen molar-refractivity contribution >= 4 is 5.91 Å². The Hall–Kier alpha value is -3.01. The number of nitriles is 1. The smallest absolute Gasteiger partial charge is 0.390 e. The third-order valence-corrected chi connectivity index (χ3v) is 6.21. The van der Waals surface area contributed by atoms with Crippen LogP contribution in [-0.2, 0) is 38.4 Å². The second-order valence-electron chi connectivity index (χ2n) is 8.81. The zero-order valence-electron chi connectivity index (χ0n) is 20.2. The first-order valence-electron chi connectivity index (χ1n) is 11.6. The number of aliphatic hydroxyl groups excluding tert-OH is 2. The van der Waals surface area contributed by atoms with E-state index in [2.05, 4.69) is 5.32 Å². The lowest BCUT2D eigenvalue weighted by atomic mass is 9.78. The molecule has 3 N–H and O–H groups in total. The highest BCUT2D eigenvalue weighted by molar-refractivity contribution is 5.85. The number of halogens is 3. The Morgan fingerprint density at radius 2 is 1.92 bits per heavy atom. The molecule has 2 aromatic rings. The van der Waals surface area contributed by atoms with Crippen molar-refractivity contribution in [3.05, 3.63) is 70.8 Å². The molecule has 37 heavy (non-hydrogen) atoms. The molecule has 4 atom stereocenters. The first-order chi connectivity index (χ1) is 17.6. The third-order valence-electron chi connectivity index (χ3n) is 6.21. The van der Waals surface area contributed by atoms with Crippen molar-refractivity contribution in [1.29, 1.82) is 5.26 Å². The van der Waals surface area contributed by atoms with Gasteiger partial charge in [-0.25, -0.2) is 0 Å². The van der Waals surface area contributed by atoms with E-state index in [1.807, 2.05) is 6.07 Å². The first kappa shape index (κ1) is 28.6. The van der Waals surface area contributed by atoms with Crippen LogP contribution in [0.2, 0.25) is 0 Å². The van der Waals surface area contributed by atoms with Gasteiger partial charge in [-0.1, -0.05) is 30.3 Å². The number of hydrogen-bond donors (Lipinski definition) is 3. The summed E-state index contributed by atoms with van der Waals surface area (Å²) in [6.07, 6.45) is -8.87. The highest BCUT2D eigenvalue weighted by atomic mass is 19.4. The SMILES string of the molecule is COCCNC(=O)[C@@]1(OCc2cccc(C(F)(F)F)c2)CC(OCc2ccccc2C#N)[C@H](O)[C@H](O)C1. The molecule has 0 aromatic heterocycles. The summed E-state index contributed by atoms with van der Waals surface area (Å²) in [4.78, 5) is 13.3. The highest BCUT2D eigenvalue weighted by Crippen LogP contribution is 2.36. The molecule has 11 heteroatoms. The van der Waals surface area contributed by atoms with Crippen molar-refractivity contribution in [2.24, 2.45) is 0 Å². The Labute approximate surface area is 212 Å². The van der Waals surface area contributed by atoms with E-state index in [0.717, 1.165) is 12.1 Å². The van der Waals surface area contributed by atoms with Gasteiger partial charge in [-0.2, -0.15) is 18.4 Å².